The Kier molecular flexibility index (Phi) is 4.64. The predicted octanol–water partition coefficient (Wildman–Crippen LogP) is 2.81. The second-order valence-electron chi connectivity index (χ2n) is 5.37. The normalized spacial score (nSPS) is 24.2. The van der Waals surface area contributed by atoms with Gasteiger partial charge in [0.15, 0.2) is 0 Å². The lowest BCUT2D eigenvalue weighted by atomic mass is 9.92. The largest absolute Gasteiger partial charge is 0.476 e. The maximum atomic E-state index is 5.94. The summed E-state index contributed by atoms with van der Waals surface area (Å²) in [4.78, 5) is 0. The van der Waals surface area contributed by atoms with Crippen LogP contribution in [0.5, 0.6) is 5.88 Å². The Morgan fingerprint density at radius 3 is 2.78 bits per heavy atom. The summed E-state index contributed by atoms with van der Waals surface area (Å²) < 4.78 is 7.80. The molecule has 1 fully saturated rings. The number of nitrogens with zero attached hydrogens (tertiary/aromatic N) is 2. The second-order valence-corrected chi connectivity index (χ2v) is 5.37. The number of ether oxygens (including phenoxy) is 1. The Balaban J connectivity index is 1.95. The molecule has 1 aromatic rings. The van der Waals surface area contributed by atoms with E-state index >= 15 is 0 Å². The molecule has 1 aliphatic rings. The van der Waals surface area contributed by atoms with Crippen molar-refractivity contribution in [1.29, 1.82) is 0 Å². The zero-order valence-electron chi connectivity index (χ0n) is 11.6. The van der Waals surface area contributed by atoms with E-state index in [0.29, 0.717) is 12.1 Å². The van der Waals surface area contributed by atoms with Gasteiger partial charge in [0.25, 0.3) is 0 Å². The van der Waals surface area contributed by atoms with Crippen LogP contribution in [0.2, 0.25) is 0 Å². The molecule has 0 amide bonds. The van der Waals surface area contributed by atoms with Crippen LogP contribution in [0.4, 0.5) is 0 Å². The monoisotopic (exact) mass is 251 g/mol. The first-order valence-corrected chi connectivity index (χ1v) is 7.14. The van der Waals surface area contributed by atoms with Crippen molar-refractivity contribution in [2.45, 2.75) is 64.5 Å². The number of rotatable bonds is 5. The Bertz CT molecular complexity index is 367. The number of unbranched alkanes of at least 4 members (excludes halogenated alkanes) is 1. The summed E-state index contributed by atoms with van der Waals surface area (Å²) in [6, 6.07) is 0.894. The van der Waals surface area contributed by atoms with Crippen molar-refractivity contribution in [3.05, 3.63) is 11.8 Å². The van der Waals surface area contributed by atoms with Crippen LogP contribution in [-0.2, 0) is 0 Å². The van der Waals surface area contributed by atoms with E-state index in [0.717, 1.165) is 56.6 Å². The van der Waals surface area contributed by atoms with E-state index in [1.807, 2.05) is 0 Å². The van der Waals surface area contributed by atoms with Gasteiger partial charge in [-0.15, -0.1) is 5.10 Å². The van der Waals surface area contributed by atoms with Gasteiger partial charge in [0.05, 0.1) is 12.6 Å². The van der Waals surface area contributed by atoms with Crippen LogP contribution in [0.3, 0.4) is 0 Å². The molecule has 0 aromatic carbocycles. The molecule has 18 heavy (non-hydrogen) atoms. The quantitative estimate of drug-likeness (QED) is 0.819. The Morgan fingerprint density at radius 2 is 2.11 bits per heavy atom. The minimum Gasteiger partial charge on any atom is -0.476 e. The van der Waals surface area contributed by atoms with E-state index in [9.17, 15) is 0 Å². The van der Waals surface area contributed by atoms with Gasteiger partial charge >= 0.3 is 0 Å². The highest BCUT2D eigenvalue weighted by molar-refractivity contribution is 5.21. The summed E-state index contributed by atoms with van der Waals surface area (Å²) >= 11 is 0. The minimum absolute atomic E-state index is 0.387. The molecule has 2 rings (SSSR count). The fourth-order valence-corrected chi connectivity index (χ4v) is 2.48. The van der Waals surface area contributed by atoms with Gasteiger partial charge in [-0.3, -0.25) is 4.68 Å². The highest BCUT2D eigenvalue weighted by Crippen LogP contribution is 2.29. The standard InChI is InChI=1S/C14H25N3O/c1-3-4-9-18-14-11(2)10-17(16-14)13-7-5-12(15)6-8-13/h10,12-13H,3-9,15H2,1-2H3. The number of aromatic nitrogens is 2. The topological polar surface area (TPSA) is 53.1 Å². The van der Waals surface area contributed by atoms with E-state index in [2.05, 4.69) is 29.8 Å². The van der Waals surface area contributed by atoms with Crippen LogP contribution in [0, 0.1) is 6.92 Å². The summed E-state index contributed by atoms with van der Waals surface area (Å²) in [5.74, 6) is 0.804. The van der Waals surface area contributed by atoms with Crippen molar-refractivity contribution in [2.75, 3.05) is 6.61 Å². The van der Waals surface area contributed by atoms with Gasteiger partial charge < -0.3 is 10.5 Å². The van der Waals surface area contributed by atoms with Crippen molar-refractivity contribution in [3.8, 4) is 5.88 Å². The Morgan fingerprint density at radius 1 is 1.39 bits per heavy atom. The molecule has 4 nitrogen and oxygen atoms in total. The average Bonchev–Trinajstić information content (AvgIpc) is 2.72. The van der Waals surface area contributed by atoms with Crippen molar-refractivity contribution in [1.82, 2.24) is 9.78 Å². The highest BCUT2D eigenvalue weighted by atomic mass is 16.5. The third-order valence-corrected chi connectivity index (χ3v) is 3.72. The third kappa shape index (κ3) is 3.25. The summed E-state index contributed by atoms with van der Waals surface area (Å²) in [5, 5.41) is 4.58. The Hall–Kier alpha value is -1.03. The van der Waals surface area contributed by atoms with Crippen LogP contribution in [0.15, 0.2) is 6.20 Å². The average molecular weight is 251 g/mol. The number of hydrogen-bond donors (Lipinski definition) is 1. The highest BCUT2D eigenvalue weighted by Gasteiger charge is 2.21. The lowest BCUT2D eigenvalue weighted by molar-refractivity contribution is 0.272. The molecule has 1 aromatic heterocycles. The molecule has 1 aliphatic carbocycles. The zero-order valence-corrected chi connectivity index (χ0v) is 11.6. The molecule has 0 aliphatic heterocycles. The van der Waals surface area contributed by atoms with Gasteiger partial charge in [-0.25, -0.2) is 0 Å². The molecule has 1 heterocycles. The van der Waals surface area contributed by atoms with Gasteiger partial charge in [0.1, 0.15) is 0 Å². The van der Waals surface area contributed by atoms with Gasteiger partial charge in [0.2, 0.25) is 5.88 Å². The molecule has 0 radical (unpaired) electrons. The molecule has 0 saturated heterocycles. The summed E-state index contributed by atoms with van der Waals surface area (Å²) in [5.41, 5.74) is 7.08. The maximum absolute atomic E-state index is 5.94. The Labute approximate surface area is 110 Å². The van der Waals surface area contributed by atoms with Gasteiger partial charge in [-0.2, -0.15) is 0 Å². The number of aryl methyl sites for hydroxylation is 1. The maximum Gasteiger partial charge on any atom is 0.235 e. The van der Waals surface area contributed by atoms with Crippen LogP contribution in [0.25, 0.3) is 0 Å². The van der Waals surface area contributed by atoms with E-state index < -0.39 is 0 Å². The van der Waals surface area contributed by atoms with Crippen LogP contribution in [0.1, 0.15) is 57.1 Å². The SMILES string of the molecule is CCCCOc1nn(C2CCC(N)CC2)cc1C. The van der Waals surface area contributed by atoms with Crippen LogP contribution < -0.4 is 10.5 Å². The van der Waals surface area contributed by atoms with Crippen molar-refractivity contribution >= 4 is 0 Å². The van der Waals surface area contributed by atoms with Crippen LogP contribution in [-0.4, -0.2) is 22.4 Å². The number of hydrogen-bond acceptors (Lipinski definition) is 3. The molecule has 0 unspecified atom stereocenters. The minimum atomic E-state index is 0.387. The van der Waals surface area contributed by atoms with E-state index in [1.165, 1.54) is 0 Å². The van der Waals surface area contributed by atoms with Gasteiger partial charge in [-0.05, 0) is 39.0 Å². The number of nitrogens with two attached hydrogens (primary N) is 1. The molecule has 0 spiro atoms. The van der Waals surface area contributed by atoms with Crippen molar-refractivity contribution in [3.63, 3.8) is 0 Å². The second kappa shape index (κ2) is 6.23. The molecule has 1 saturated carbocycles. The van der Waals surface area contributed by atoms with Gasteiger partial charge in [0, 0.05) is 17.8 Å². The third-order valence-electron chi connectivity index (χ3n) is 3.72. The molecule has 4 heteroatoms. The fourth-order valence-electron chi connectivity index (χ4n) is 2.48. The lowest BCUT2D eigenvalue weighted by Crippen LogP contribution is -2.28. The molecule has 102 valence electrons. The first-order chi connectivity index (χ1) is 8.70. The first kappa shape index (κ1) is 13.4. The molecule has 0 atom stereocenters. The van der Waals surface area contributed by atoms with E-state index in [1.54, 1.807) is 0 Å². The summed E-state index contributed by atoms with van der Waals surface area (Å²) in [6.07, 6.45) is 8.84. The van der Waals surface area contributed by atoms with E-state index in [4.69, 9.17) is 10.5 Å². The summed E-state index contributed by atoms with van der Waals surface area (Å²) in [7, 11) is 0. The molecule has 0 bridgehead atoms. The van der Waals surface area contributed by atoms with Crippen LogP contribution >= 0.6 is 0 Å². The first-order valence-electron chi connectivity index (χ1n) is 7.14. The van der Waals surface area contributed by atoms with Crippen molar-refractivity contribution < 1.29 is 4.74 Å². The van der Waals surface area contributed by atoms with E-state index in [-0.39, 0.29) is 0 Å². The molecular formula is C14H25N3O. The fraction of sp³-hybridized carbons (Fsp3) is 0.786. The predicted molar refractivity (Wildman–Crippen MR) is 72.8 cm³/mol. The summed E-state index contributed by atoms with van der Waals surface area (Å²) in [6.45, 7) is 5.00. The molecular weight excluding hydrogens is 226 g/mol. The van der Waals surface area contributed by atoms with Gasteiger partial charge in [-0.1, -0.05) is 13.3 Å². The lowest BCUT2D eigenvalue weighted by Gasteiger charge is -2.26. The molecule has 2 N–H and O–H groups in total. The smallest absolute Gasteiger partial charge is 0.235 e. The van der Waals surface area contributed by atoms with Crippen molar-refractivity contribution in [2.24, 2.45) is 5.73 Å². The zero-order chi connectivity index (χ0) is 13.0.